The summed E-state index contributed by atoms with van der Waals surface area (Å²) in [5, 5.41) is 18.6. The summed E-state index contributed by atoms with van der Waals surface area (Å²) in [4.78, 5) is 22.9. The van der Waals surface area contributed by atoms with Crippen molar-refractivity contribution in [3.05, 3.63) is 64.5 Å². The predicted molar refractivity (Wildman–Crippen MR) is 102 cm³/mol. The highest BCUT2D eigenvalue weighted by Crippen LogP contribution is 2.34. The number of carbonyl (C=O) groups is 1. The molecule has 0 bridgehead atoms. The van der Waals surface area contributed by atoms with Gasteiger partial charge in [0.05, 0.1) is 4.92 Å². The molecule has 1 aliphatic rings. The summed E-state index contributed by atoms with van der Waals surface area (Å²) >= 11 is 0. The van der Waals surface area contributed by atoms with Crippen molar-refractivity contribution >= 4 is 11.7 Å². The van der Waals surface area contributed by atoms with Crippen molar-refractivity contribution in [3.63, 3.8) is 0 Å². The van der Waals surface area contributed by atoms with Crippen molar-refractivity contribution in [2.24, 2.45) is 0 Å². The Morgan fingerprint density at radius 3 is 2.43 bits per heavy atom. The zero-order valence-electron chi connectivity index (χ0n) is 16.1. The van der Waals surface area contributed by atoms with Crippen LogP contribution in [0, 0.1) is 10.1 Å². The van der Waals surface area contributed by atoms with Crippen molar-refractivity contribution in [3.8, 4) is 23.0 Å². The van der Waals surface area contributed by atoms with Crippen LogP contribution < -0.4 is 9.47 Å². The number of ether oxygens (including phenoxy) is 3. The molecule has 3 atom stereocenters. The lowest BCUT2D eigenvalue weighted by Crippen LogP contribution is -2.44. The average molecular weight is 411 g/mol. The third-order valence-corrected chi connectivity index (χ3v) is 4.48. The molecule has 10 heteroatoms. The lowest BCUT2D eigenvalue weighted by Gasteiger charge is -2.30. The average Bonchev–Trinajstić information content (AvgIpc) is 3.23. The minimum atomic E-state index is -0.945. The summed E-state index contributed by atoms with van der Waals surface area (Å²) in [6.45, 7) is 3.30. The number of non-ortho nitro benzene ring substituents is 1. The molecule has 3 aromatic rings. The second-order valence-corrected chi connectivity index (χ2v) is 6.64. The molecule has 4 rings (SSSR count). The van der Waals surface area contributed by atoms with Gasteiger partial charge in [0.25, 0.3) is 11.6 Å². The molecule has 0 N–H and O–H groups in total. The molecule has 1 aliphatic heterocycles. The standard InChI is InChI=1S/C20H17N3O7/c1-11-17(29-16-6-4-3-5-15(16)27-11)20(24)28-12(2)18-21-22-19(30-18)13-7-9-14(10-8-13)23(25)26/h3-12,17H,1-2H3/t11-,12-,17+/m0/s1. The number of hydrogen-bond donors (Lipinski definition) is 0. The van der Waals surface area contributed by atoms with Crippen molar-refractivity contribution in [2.75, 3.05) is 0 Å². The first-order valence-corrected chi connectivity index (χ1v) is 9.13. The number of nitrogens with zero attached hydrogens (tertiary/aromatic N) is 3. The SMILES string of the molecule is C[C@H](OC(=O)[C@@H]1Oc2ccccc2O[C@H]1C)c1nnc(-c2ccc([N+](=O)[O-])cc2)o1. The van der Waals surface area contributed by atoms with E-state index >= 15 is 0 Å². The van der Waals surface area contributed by atoms with Gasteiger partial charge in [0.1, 0.15) is 6.10 Å². The summed E-state index contributed by atoms with van der Waals surface area (Å²) in [5.74, 6) is 0.638. The molecule has 0 aliphatic carbocycles. The van der Waals surface area contributed by atoms with Gasteiger partial charge in [-0.1, -0.05) is 12.1 Å². The Labute approximate surface area is 170 Å². The van der Waals surface area contributed by atoms with Gasteiger partial charge in [-0.15, -0.1) is 10.2 Å². The number of rotatable bonds is 5. The van der Waals surface area contributed by atoms with Crippen LogP contribution in [0.1, 0.15) is 25.8 Å². The van der Waals surface area contributed by atoms with Crippen LogP contribution in [-0.2, 0) is 9.53 Å². The van der Waals surface area contributed by atoms with E-state index in [2.05, 4.69) is 10.2 Å². The number of fused-ring (bicyclic) bond motifs is 1. The van der Waals surface area contributed by atoms with Crippen LogP contribution in [0.3, 0.4) is 0 Å². The molecule has 0 fully saturated rings. The Kier molecular flexibility index (Phi) is 5.05. The van der Waals surface area contributed by atoms with Crippen LogP contribution in [0.2, 0.25) is 0 Å². The van der Waals surface area contributed by atoms with Gasteiger partial charge in [-0.3, -0.25) is 10.1 Å². The van der Waals surface area contributed by atoms with E-state index < -0.39 is 29.2 Å². The van der Waals surface area contributed by atoms with E-state index in [0.29, 0.717) is 17.1 Å². The van der Waals surface area contributed by atoms with Crippen LogP contribution >= 0.6 is 0 Å². The second-order valence-electron chi connectivity index (χ2n) is 6.64. The van der Waals surface area contributed by atoms with Crippen molar-refractivity contribution in [2.45, 2.75) is 32.2 Å². The molecule has 30 heavy (non-hydrogen) atoms. The second kappa shape index (κ2) is 7.82. The maximum absolute atomic E-state index is 12.6. The van der Waals surface area contributed by atoms with E-state index in [1.807, 2.05) is 6.07 Å². The van der Waals surface area contributed by atoms with E-state index in [1.165, 1.54) is 24.3 Å². The number of esters is 1. The molecule has 0 unspecified atom stereocenters. The zero-order chi connectivity index (χ0) is 21.3. The van der Waals surface area contributed by atoms with E-state index in [-0.39, 0.29) is 17.5 Å². The van der Waals surface area contributed by atoms with E-state index in [0.717, 1.165) is 0 Å². The summed E-state index contributed by atoms with van der Waals surface area (Å²) < 4.78 is 22.4. The van der Waals surface area contributed by atoms with Gasteiger partial charge in [-0.05, 0) is 38.1 Å². The van der Waals surface area contributed by atoms with Crippen molar-refractivity contribution in [1.82, 2.24) is 10.2 Å². The summed E-state index contributed by atoms with van der Waals surface area (Å²) in [5.41, 5.74) is 0.457. The fourth-order valence-electron chi connectivity index (χ4n) is 2.91. The molecular formula is C20H17N3O7. The molecule has 0 spiro atoms. The molecule has 10 nitrogen and oxygen atoms in total. The fourth-order valence-corrected chi connectivity index (χ4v) is 2.91. The monoisotopic (exact) mass is 411 g/mol. The largest absolute Gasteiger partial charge is 0.482 e. The van der Waals surface area contributed by atoms with Gasteiger partial charge in [0.15, 0.2) is 17.6 Å². The van der Waals surface area contributed by atoms with Gasteiger partial charge >= 0.3 is 5.97 Å². The first-order chi connectivity index (χ1) is 14.4. The first kappa shape index (κ1) is 19.4. The summed E-state index contributed by atoms with van der Waals surface area (Å²) in [6, 6.07) is 12.7. The van der Waals surface area contributed by atoms with E-state index in [4.69, 9.17) is 18.6 Å². The minimum absolute atomic E-state index is 0.0498. The highest BCUT2D eigenvalue weighted by molar-refractivity contribution is 5.76. The molecule has 0 amide bonds. The smallest absolute Gasteiger partial charge is 0.352 e. The molecule has 2 aromatic carbocycles. The Bertz CT molecular complexity index is 1080. The number of carbonyl (C=O) groups excluding carboxylic acids is 1. The van der Waals surface area contributed by atoms with Crippen molar-refractivity contribution in [1.29, 1.82) is 0 Å². The first-order valence-electron chi connectivity index (χ1n) is 9.13. The van der Waals surface area contributed by atoms with Gasteiger partial charge < -0.3 is 18.6 Å². The summed E-state index contributed by atoms with van der Waals surface area (Å²) in [7, 11) is 0. The predicted octanol–water partition coefficient (Wildman–Crippen LogP) is 3.48. The maximum Gasteiger partial charge on any atom is 0.352 e. The number of aromatic nitrogens is 2. The third kappa shape index (κ3) is 3.79. The summed E-state index contributed by atoms with van der Waals surface area (Å²) in [6.07, 6.45) is -2.32. The zero-order valence-corrected chi connectivity index (χ0v) is 16.1. The van der Waals surface area contributed by atoms with E-state index in [9.17, 15) is 14.9 Å². The van der Waals surface area contributed by atoms with Gasteiger partial charge in [0, 0.05) is 17.7 Å². The Hall–Kier alpha value is -3.95. The Morgan fingerprint density at radius 1 is 1.10 bits per heavy atom. The number of benzene rings is 2. The molecule has 2 heterocycles. The Balaban J connectivity index is 1.43. The lowest BCUT2D eigenvalue weighted by molar-refractivity contribution is -0.384. The minimum Gasteiger partial charge on any atom is -0.482 e. The normalized spacial score (nSPS) is 18.5. The fraction of sp³-hybridized carbons (Fsp3) is 0.250. The maximum atomic E-state index is 12.6. The van der Waals surface area contributed by atoms with Gasteiger partial charge in [-0.25, -0.2) is 4.79 Å². The number of para-hydroxylation sites is 2. The van der Waals surface area contributed by atoms with Crippen LogP contribution in [0.25, 0.3) is 11.5 Å². The topological polar surface area (TPSA) is 127 Å². The van der Waals surface area contributed by atoms with Crippen LogP contribution in [0.5, 0.6) is 11.5 Å². The highest BCUT2D eigenvalue weighted by Gasteiger charge is 2.36. The van der Waals surface area contributed by atoms with E-state index in [1.54, 1.807) is 32.0 Å². The Morgan fingerprint density at radius 2 is 1.77 bits per heavy atom. The van der Waals surface area contributed by atoms with Crippen LogP contribution in [0.15, 0.2) is 52.9 Å². The van der Waals surface area contributed by atoms with Gasteiger partial charge in [0.2, 0.25) is 12.0 Å². The molecular weight excluding hydrogens is 394 g/mol. The van der Waals surface area contributed by atoms with Crippen LogP contribution in [-0.4, -0.2) is 33.3 Å². The number of nitro groups is 1. The van der Waals surface area contributed by atoms with Crippen LogP contribution in [0.4, 0.5) is 5.69 Å². The molecule has 0 saturated heterocycles. The molecule has 154 valence electrons. The number of nitro benzene ring substituents is 1. The lowest BCUT2D eigenvalue weighted by atomic mass is 10.2. The quantitative estimate of drug-likeness (QED) is 0.352. The van der Waals surface area contributed by atoms with Crippen molar-refractivity contribution < 1.29 is 28.3 Å². The molecule has 0 radical (unpaired) electrons. The molecule has 0 saturated carbocycles. The van der Waals surface area contributed by atoms with Gasteiger partial charge in [-0.2, -0.15) is 0 Å². The molecule has 1 aromatic heterocycles. The highest BCUT2D eigenvalue weighted by atomic mass is 16.6. The number of hydrogen-bond acceptors (Lipinski definition) is 9. The third-order valence-electron chi connectivity index (χ3n) is 4.48.